The molecule has 2 aromatic rings. The molecule has 4 bridgehead atoms. The van der Waals surface area contributed by atoms with Gasteiger partial charge in [-0.1, -0.05) is 121 Å². The zero-order valence-corrected chi connectivity index (χ0v) is 32.6. The number of aromatic hydroxyl groups is 1. The molecule has 10 nitrogen and oxygen atoms in total. The minimum Gasteiger partial charge on any atom is -0.507 e. The number of allylic oxidation sites excluding steroid dienone is 1. The number of nitrogens with one attached hydrogen (secondary N) is 4. The summed E-state index contributed by atoms with van der Waals surface area (Å²) in [5, 5.41) is 33.3. The molecule has 0 radical (unpaired) electrons. The van der Waals surface area contributed by atoms with Crippen molar-refractivity contribution in [1.82, 2.24) is 26.2 Å². The highest BCUT2D eigenvalue weighted by molar-refractivity contribution is 6.27. The van der Waals surface area contributed by atoms with E-state index in [4.69, 9.17) is 0 Å². The molecule has 0 saturated carbocycles. The molecule has 1 heterocycles. The Labute approximate surface area is 318 Å². The lowest BCUT2D eigenvalue weighted by Crippen LogP contribution is -2.47. The Hall–Kier alpha value is -4.25. The zero-order valence-electron chi connectivity index (χ0n) is 32.6. The summed E-state index contributed by atoms with van der Waals surface area (Å²) in [5.41, 5.74) is 4.29. The molecule has 0 fully saturated rings. The second-order valence-corrected chi connectivity index (χ2v) is 14.5. The van der Waals surface area contributed by atoms with Crippen molar-refractivity contribution < 1.29 is 24.5 Å². The first-order valence-corrected chi connectivity index (χ1v) is 19.8. The second kappa shape index (κ2) is 23.4. The van der Waals surface area contributed by atoms with Crippen molar-refractivity contribution in [3.05, 3.63) is 77.6 Å². The molecule has 290 valence electrons. The van der Waals surface area contributed by atoms with Crippen LogP contribution in [0.25, 0.3) is 11.1 Å². The summed E-state index contributed by atoms with van der Waals surface area (Å²) < 4.78 is 0. The van der Waals surface area contributed by atoms with Crippen LogP contribution in [0.2, 0.25) is 0 Å². The van der Waals surface area contributed by atoms with Gasteiger partial charge in [-0.25, -0.2) is 0 Å². The van der Waals surface area contributed by atoms with Gasteiger partial charge in [-0.3, -0.25) is 14.4 Å². The maximum Gasteiger partial charge on any atom is 0.293 e. The summed E-state index contributed by atoms with van der Waals surface area (Å²) in [6.45, 7) is 10.3. The van der Waals surface area contributed by atoms with Gasteiger partial charge in [0.1, 0.15) is 11.8 Å². The first-order chi connectivity index (χ1) is 25.6. The van der Waals surface area contributed by atoms with Gasteiger partial charge in [0.15, 0.2) is 0 Å². The number of carbonyl (C=O) groups excluding carboxylic acids is 3. The number of unbranched alkanes of at least 4 members (excludes halogenated alkanes) is 10. The highest BCUT2D eigenvalue weighted by Gasteiger charge is 2.30. The number of fused-ring (bicyclic) bond motifs is 5. The van der Waals surface area contributed by atoms with E-state index in [0.717, 1.165) is 42.5 Å². The summed E-state index contributed by atoms with van der Waals surface area (Å²) in [7, 11) is 1.51. The van der Waals surface area contributed by atoms with Gasteiger partial charge in [0.2, 0.25) is 17.7 Å². The first kappa shape index (κ1) is 43.2. The van der Waals surface area contributed by atoms with Crippen LogP contribution >= 0.6 is 0 Å². The molecule has 1 aliphatic heterocycles. The average molecular weight is 730 g/mol. The second-order valence-electron chi connectivity index (χ2n) is 14.5. The average Bonchev–Trinajstić information content (AvgIpc) is 3.15. The fraction of sp³-hybridized carbons (Fsp3) is 0.548. The van der Waals surface area contributed by atoms with Crippen LogP contribution in [-0.2, 0) is 20.8 Å². The van der Waals surface area contributed by atoms with Crippen molar-refractivity contribution >= 4 is 25.2 Å². The summed E-state index contributed by atoms with van der Waals surface area (Å²) in [4.78, 5) is 41.6. The van der Waals surface area contributed by atoms with E-state index in [1.165, 1.54) is 56.3 Å². The van der Waals surface area contributed by atoms with Gasteiger partial charge in [-0.05, 0) is 55.0 Å². The van der Waals surface area contributed by atoms with Crippen LogP contribution in [0, 0.1) is 0 Å². The van der Waals surface area contributed by atoms with Gasteiger partial charge in [0.25, 0.3) is 7.48 Å². The van der Waals surface area contributed by atoms with E-state index in [0.29, 0.717) is 29.7 Å². The van der Waals surface area contributed by atoms with Crippen molar-refractivity contribution in [1.29, 1.82) is 0 Å². The fourth-order valence-electron chi connectivity index (χ4n) is 6.74. The molecule has 2 aromatic carbocycles. The van der Waals surface area contributed by atoms with E-state index in [9.17, 15) is 24.5 Å². The molecular formula is C42H64BN5O5. The number of phenolic OH excluding ortho intramolecular Hbond substituents is 1. The summed E-state index contributed by atoms with van der Waals surface area (Å²) in [5.74, 6) is -1.14. The molecule has 11 heteroatoms. The predicted octanol–water partition coefficient (Wildman–Crippen LogP) is 6.09. The molecule has 0 aromatic heterocycles. The van der Waals surface area contributed by atoms with Crippen LogP contribution in [0.15, 0.2) is 66.5 Å². The Morgan fingerprint density at radius 1 is 1.02 bits per heavy atom. The molecule has 53 heavy (non-hydrogen) atoms. The number of carbonyl (C=O) groups is 3. The molecule has 3 atom stereocenters. The minimum atomic E-state index is -1.03. The first-order valence-electron chi connectivity index (χ1n) is 19.8. The van der Waals surface area contributed by atoms with Crippen LogP contribution in [0.4, 0.5) is 0 Å². The number of phenols is 1. The van der Waals surface area contributed by atoms with E-state index < -0.39 is 17.9 Å². The number of hydrogen-bond acceptors (Lipinski definition) is 7. The molecule has 0 saturated heterocycles. The lowest BCUT2D eigenvalue weighted by Gasteiger charge is -2.30. The lowest BCUT2D eigenvalue weighted by molar-refractivity contribution is -0.139. The fourth-order valence-corrected chi connectivity index (χ4v) is 6.74. The Kier molecular flexibility index (Phi) is 19.1. The van der Waals surface area contributed by atoms with Crippen molar-refractivity contribution in [3.8, 4) is 16.9 Å². The van der Waals surface area contributed by atoms with Crippen LogP contribution in [0.5, 0.6) is 5.75 Å². The van der Waals surface area contributed by atoms with Crippen molar-refractivity contribution in [2.24, 2.45) is 0 Å². The van der Waals surface area contributed by atoms with E-state index in [-0.39, 0.29) is 44.2 Å². The van der Waals surface area contributed by atoms with Gasteiger partial charge in [0, 0.05) is 36.4 Å². The van der Waals surface area contributed by atoms with Gasteiger partial charge >= 0.3 is 0 Å². The topological polar surface area (TPSA) is 143 Å². The van der Waals surface area contributed by atoms with Crippen LogP contribution in [0.3, 0.4) is 0 Å². The molecule has 3 unspecified atom stereocenters. The molecule has 3 rings (SSSR count). The smallest absolute Gasteiger partial charge is 0.293 e. The highest BCUT2D eigenvalue weighted by atomic mass is 16.3. The SMILES string of the molecule is C=C(NC(C)BO)C1Cc2cccc(c2)-c2cc(ccc2O)C(N(C)C(=O)CNC(=O)CCCCCCCCCCCCC)C(=O)NC/C(=C\CC)N1. The normalized spacial score (nSPS) is 17.2. The lowest BCUT2D eigenvalue weighted by atomic mass is 9.89. The predicted molar refractivity (Wildman–Crippen MR) is 216 cm³/mol. The Morgan fingerprint density at radius 2 is 1.70 bits per heavy atom. The van der Waals surface area contributed by atoms with Crippen molar-refractivity contribution in [2.75, 3.05) is 20.1 Å². The largest absolute Gasteiger partial charge is 0.507 e. The Balaban J connectivity index is 1.73. The third-order valence-corrected chi connectivity index (χ3v) is 9.88. The summed E-state index contributed by atoms with van der Waals surface area (Å²) >= 11 is 0. The van der Waals surface area contributed by atoms with E-state index >= 15 is 0 Å². The van der Waals surface area contributed by atoms with E-state index in [1.807, 2.05) is 44.2 Å². The number of rotatable bonds is 20. The van der Waals surface area contributed by atoms with Crippen LogP contribution in [0.1, 0.15) is 121 Å². The molecule has 3 amide bonds. The number of likely N-dealkylation sites (N-methyl/N-ethyl adjacent to an activating group) is 1. The third-order valence-electron chi connectivity index (χ3n) is 9.88. The third kappa shape index (κ3) is 14.6. The number of nitrogens with zero attached hydrogens (tertiary/aromatic N) is 1. The van der Waals surface area contributed by atoms with Gasteiger partial charge in [-0.15, -0.1) is 0 Å². The monoisotopic (exact) mass is 730 g/mol. The quantitative estimate of drug-likeness (QED) is 0.0715. The summed E-state index contributed by atoms with van der Waals surface area (Å²) in [6.07, 6.45) is 16.8. The van der Waals surface area contributed by atoms with Gasteiger partial charge in [0.05, 0.1) is 19.1 Å². The standard InChI is InChI=1S/C42H64BN5O5/c1-6-8-9-10-11-12-13-14-15-16-17-22-39(50)44-29-40(51)48(5)41-34-23-24-38(49)36(27-34)33-21-18-20-32(25-33)26-37(30(3)46-31(4)43-53)47-35(19-7-2)28-45-42(41)52/h18-21,23-25,27,31,37,41,43,46-47,49,53H,3,6-17,22,26,28-29H2,1-2,4-5H3,(H,44,50)(H,45,52)/b35-19+. The highest BCUT2D eigenvalue weighted by Crippen LogP contribution is 2.34. The Bertz CT molecular complexity index is 1510. The minimum absolute atomic E-state index is 0.0477. The van der Waals surface area contributed by atoms with Gasteiger partial charge in [-0.2, -0.15) is 0 Å². The Morgan fingerprint density at radius 3 is 2.36 bits per heavy atom. The van der Waals surface area contributed by atoms with Gasteiger partial charge < -0.3 is 36.3 Å². The number of amides is 3. The van der Waals surface area contributed by atoms with E-state index in [2.05, 4.69) is 34.8 Å². The maximum absolute atomic E-state index is 14.0. The molecular weight excluding hydrogens is 665 g/mol. The zero-order chi connectivity index (χ0) is 38.6. The number of hydrogen-bond donors (Lipinski definition) is 6. The summed E-state index contributed by atoms with van der Waals surface area (Å²) in [6, 6.07) is 11.5. The molecule has 1 aliphatic rings. The van der Waals surface area contributed by atoms with Crippen molar-refractivity contribution in [3.63, 3.8) is 0 Å². The van der Waals surface area contributed by atoms with E-state index in [1.54, 1.807) is 25.2 Å². The molecule has 0 spiro atoms. The molecule has 6 N–H and O–H groups in total. The van der Waals surface area contributed by atoms with Crippen LogP contribution in [-0.4, -0.2) is 72.4 Å². The van der Waals surface area contributed by atoms with Crippen LogP contribution < -0.4 is 21.3 Å². The number of benzene rings is 2. The van der Waals surface area contributed by atoms with Crippen molar-refractivity contribution in [2.45, 2.75) is 129 Å². The molecule has 0 aliphatic carbocycles. The maximum atomic E-state index is 14.0.